The number of carbonyl (C=O) groups excluding carboxylic acids is 1. The molecule has 1 aliphatic rings. The second-order valence-electron chi connectivity index (χ2n) is 4.35. The Kier molecular flexibility index (Phi) is 3.62. The third-order valence-corrected chi connectivity index (χ3v) is 3.41. The molecule has 1 aromatic rings. The molecule has 0 spiro atoms. The zero-order valence-corrected chi connectivity index (χ0v) is 11.2. The standard InChI is InChI=1S/C13H17NO2S/c1-14(2)13(15)10-5-4-6-11(17-3)12(10)16-9-7-8-9/h4-6,9H,7-8H2,1-3H3. The number of rotatable bonds is 4. The molecule has 92 valence electrons. The fraction of sp³-hybridized carbons (Fsp3) is 0.462. The highest BCUT2D eigenvalue weighted by molar-refractivity contribution is 7.98. The molecule has 0 aromatic heterocycles. The van der Waals surface area contributed by atoms with Gasteiger partial charge in [-0.15, -0.1) is 11.8 Å². The van der Waals surface area contributed by atoms with Crippen molar-refractivity contribution < 1.29 is 9.53 Å². The first kappa shape index (κ1) is 12.3. The van der Waals surface area contributed by atoms with Crippen molar-refractivity contribution in [3.05, 3.63) is 23.8 Å². The Bertz CT molecular complexity index is 427. The highest BCUT2D eigenvalue weighted by atomic mass is 32.2. The van der Waals surface area contributed by atoms with Gasteiger partial charge in [0.25, 0.3) is 5.91 Å². The molecule has 1 aliphatic carbocycles. The number of ether oxygens (including phenoxy) is 1. The van der Waals surface area contributed by atoms with Crippen molar-refractivity contribution in [3.63, 3.8) is 0 Å². The summed E-state index contributed by atoms with van der Waals surface area (Å²) >= 11 is 1.61. The van der Waals surface area contributed by atoms with Crippen LogP contribution in [0.3, 0.4) is 0 Å². The summed E-state index contributed by atoms with van der Waals surface area (Å²) in [5, 5.41) is 0. The van der Waals surface area contributed by atoms with E-state index in [0.29, 0.717) is 11.7 Å². The molecule has 1 saturated carbocycles. The number of benzene rings is 1. The van der Waals surface area contributed by atoms with Gasteiger partial charge in [-0.2, -0.15) is 0 Å². The fourth-order valence-corrected chi connectivity index (χ4v) is 2.12. The molecule has 17 heavy (non-hydrogen) atoms. The lowest BCUT2D eigenvalue weighted by atomic mass is 10.2. The molecule has 1 amide bonds. The average molecular weight is 251 g/mol. The fourth-order valence-electron chi connectivity index (χ4n) is 1.56. The van der Waals surface area contributed by atoms with Crippen molar-refractivity contribution in [2.75, 3.05) is 20.4 Å². The zero-order chi connectivity index (χ0) is 12.4. The van der Waals surface area contributed by atoms with Gasteiger partial charge in [0.2, 0.25) is 0 Å². The second kappa shape index (κ2) is 5.00. The van der Waals surface area contributed by atoms with E-state index in [1.165, 1.54) is 0 Å². The smallest absolute Gasteiger partial charge is 0.257 e. The Morgan fingerprint density at radius 3 is 2.65 bits per heavy atom. The number of thioether (sulfide) groups is 1. The van der Waals surface area contributed by atoms with Crippen LogP contribution >= 0.6 is 11.8 Å². The number of hydrogen-bond acceptors (Lipinski definition) is 3. The monoisotopic (exact) mass is 251 g/mol. The Morgan fingerprint density at radius 1 is 1.41 bits per heavy atom. The van der Waals surface area contributed by atoms with Gasteiger partial charge >= 0.3 is 0 Å². The first-order chi connectivity index (χ1) is 8.13. The molecule has 1 aromatic carbocycles. The molecule has 0 radical (unpaired) electrons. The SMILES string of the molecule is CSc1cccc(C(=O)N(C)C)c1OC1CC1. The van der Waals surface area contributed by atoms with Gasteiger partial charge in [0.15, 0.2) is 0 Å². The van der Waals surface area contributed by atoms with Crippen molar-refractivity contribution in [1.29, 1.82) is 0 Å². The minimum Gasteiger partial charge on any atom is -0.488 e. The van der Waals surface area contributed by atoms with Gasteiger partial charge < -0.3 is 9.64 Å². The van der Waals surface area contributed by atoms with Crippen LogP contribution in [0.15, 0.2) is 23.1 Å². The van der Waals surface area contributed by atoms with Gasteiger partial charge in [-0.3, -0.25) is 4.79 Å². The number of nitrogens with zero attached hydrogens (tertiary/aromatic N) is 1. The van der Waals surface area contributed by atoms with Gasteiger partial charge in [0, 0.05) is 19.0 Å². The summed E-state index contributed by atoms with van der Waals surface area (Å²) in [5.41, 5.74) is 0.661. The molecular weight excluding hydrogens is 234 g/mol. The van der Waals surface area contributed by atoms with Crippen LogP contribution in [-0.2, 0) is 0 Å². The third-order valence-electron chi connectivity index (χ3n) is 2.64. The predicted molar refractivity (Wildman–Crippen MR) is 69.9 cm³/mol. The topological polar surface area (TPSA) is 29.5 Å². The lowest BCUT2D eigenvalue weighted by molar-refractivity contribution is 0.0822. The molecule has 3 nitrogen and oxygen atoms in total. The Morgan fingerprint density at radius 2 is 2.12 bits per heavy atom. The van der Waals surface area contributed by atoms with Crippen LogP contribution in [0.1, 0.15) is 23.2 Å². The predicted octanol–water partition coefficient (Wildman–Crippen LogP) is 2.65. The molecule has 0 atom stereocenters. The van der Waals surface area contributed by atoms with Gasteiger partial charge in [0.05, 0.1) is 11.7 Å². The molecule has 0 unspecified atom stereocenters. The average Bonchev–Trinajstić information content (AvgIpc) is 3.12. The van der Waals surface area contributed by atoms with E-state index in [0.717, 1.165) is 23.5 Å². The molecule has 0 bridgehead atoms. The van der Waals surface area contributed by atoms with E-state index in [1.54, 1.807) is 30.8 Å². The van der Waals surface area contributed by atoms with Crippen LogP contribution in [0.4, 0.5) is 0 Å². The summed E-state index contributed by atoms with van der Waals surface area (Å²) in [5.74, 6) is 0.748. The third kappa shape index (κ3) is 2.75. The van der Waals surface area contributed by atoms with E-state index < -0.39 is 0 Å². The molecule has 0 heterocycles. The first-order valence-corrected chi connectivity index (χ1v) is 6.91. The van der Waals surface area contributed by atoms with Crippen molar-refractivity contribution in [2.24, 2.45) is 0 Å². The summed E-state index contributed by atoms with van der Waals surface area (Å²) in [4.78, 5) is 14.7. The van der Waals surface area contributed by atoms with E-state index in [-0.39, 0.29) is 5.91 Å². The number of para-hydroxylation sites is 1. The molecule has 2 rings (SSSR count). The Balaban J connectivity index is 2.37. The molecule has 0 aliphatic heterocycles. The van der Waals surface area contributed by atoms with Gasteiger partial charge in [-0.1, -0.05) is 6.07 Å². The van der Waals surface area contributed by atoms with Crippen LogP contribution in [-0.4, -0.2) is 37.3 Å². The maximum atomic E-state index is 12.1. The summed E-state index contributed by atoms with van der Waals surface area (Å²) < 4.78 is 5.88. The van der Waals surface area contributed by atoms with E-state index in [4.69, 9.17) is 4.74 Å². The number of hydrogen-bond donors (Lipinski definition) is 0. The molecular formula is C13H17NO2S. The van der Waals surface area contributed by atoms with Gasteiger partial charge in [0.1, 0.15) is 5.75 Å². The van der Waals surface area contributed by atoms with Crippen molar-refractivity contribution in [1.82, 2.24) is 4.90 Å². The van der Waals surface area contributed by atoms with E-state index in [1.807, 2.05) is 24.5 Å². The van der Waals surface area contributed by atoms with Crippen molar-refractivity contribution >= 4 is 17.7 Å². The van der Waals surface area contributed by atoms with E-state index >= 15 is 0 Å². The van der Waals surface area contributed by atoms with Crippen LogP contribution in [0, 0.1) is 0 Å². The van der Waals surface area contributed by atoms with Crippen molar-refractivity contribution in [3.8, 4) is 5.75 Å². The van der Waals surface area contributed by atoms with E-state index in [9.17, 15) is 4.79 Å². The lowest BCUT2D eigenvalue weighted by Crippen LogP contribution is -2.22. The zero-order valence-electron chi connectivity index (χ0n) is 10.4. The molecule has 4 heteroatoms. The Labute approximate surface area is 106 Å². The van der Waals surface area contributed by atoms with E-state index in [2.05, 4.69) is 0 Å². The number of amides is 1. The summed E-state index contributed by atoms with van der Waals surface area (Å²) in [6.07, 6.45) is 4.49. The number of carbonyl (C=O) groups is 1. The van der Waals surface area contributed by atoms with Crippen LogP contribution in [0.2, 0.25) is 0 Å². The van der Waals surface area contributed by atoms with Crippen LogP contribution in [0.5, 0.6) is 5.75 Å². The quantitative estimate of drug-likeness (QED) is 0.770. The normalized spacial score (nSPS) is 14.5. The van der Waals surface area contributed by atoms with Gasteiger partial charge in [-0.25, -0.2) is 0 Å². The van der Waals surface area contributed by atoms with Crippen LogP contribution in [0.25, 0.3) is 0 Å². The largest absolute Gasteiger partial charge is 0.488 e. The summed E-state index contributed by atoms with van der Waals surface area (Å²) in [7, 11) is 3.52. The van der Waals surface area contributed by atoms with Crippen LogP contribution < -0.4 is 4.74 Å². The van der Waals surface area contributed by atoms with Gasteiger partial charge in [-0.05, 0) is 31.2 Å². The molecule has 0 saturated heterocycles. The first-order valence-electron chi connectivity index (χ1n) is 5.68. The summed E-state index contributed by atoms with van der Waals surface area (Å²) in [6, 6.07) is 5.73. The summed E-state index contributed by atoms with van der Waals surface area (Å²) in [6.45, 7) is 0. The second-order valence-corrected chi connectivity index (χ2v) is 5.20. The minimum atomic E-state index is -0.00319. The Hall–Kier alpha value is -1.16. The lowest BCUT2D eigenvalue weighted by Gasteiger charge is -2.16. The van der Waals surface area contributed by atoms with Crippen molar-refractivity contribution in [2.45, 2.75) is 23.8 Å². The highest BCUT2D eigenvalue weighted by Crippen LogP contribution is 2.36. The maximum absolute atomic E-state index is 12.1. The maximum Gasteiger partial charge on any atom is 0.257 e. The molecule has 1 fully saturated rings. The molecule has 0 N–H and O–H groups in total. The minimum absolute atomic E-state index is 0.00319. The highest BCUT2D eigenvalue weighted by Gasteiger charge is 2.27.